The molecule has 1 aromatic carbocycles. The number of para-hydroxylation sites is 2. The average Bonchev–Trinajstić information content (AvgIpc) is 3.28. The van der Waals surface area contributed by atoms with E-state index >= 15 is 0 Å². The third-order valence-corrected chi connectivity index (χ3v) is 4.39. The lowest BCUT2D eigenvalue weighted by molar-refractivity contribution is -0.121. The van der Waals surface area contributed by atoms with Crippen molar-refractivity contribution >= 4 is 17.6 Å². The molecule has 2 atom stereocenters. The van der Waals surface area contributed by atoms with Gasteiger partial charge in [0.25, 0.3) is 5.91 Å². The van der Waals surface area contributed by atoms with E-state index in [1.165, 1.54) is 6.42 Å². The van der Waals surface area contributed by atoms with Crippen LogP contribution in [0.2, 0.25) is 0 Å². The number of hydrogen-bond acceptors (Lipinski definition) is 3. The fourth-order valence-electron chi connectivity index (χ4n) is 2.84. The number of rotatable bonds is 6. The monoisotopic (exact) mass is 330 g/mol. The number of nitrogens with zero attached hydrogens (tertiary/aromatic N) is 2. The Kier molecular flexibility index (Phi) is 5.23. The third-order valence-electron chi connectivity index (χ3n) is 4.39. The summed E-state index contributed by atoms with van der Waals surface area (Å²) in [6, 6.07) is 8.22. The summed E-state index contributed by atoms with van der Waals surface area (Å²) in [5.74, 6) is 2.39. The van der Waals surface area contributed by atoms with E-state index in [-0.39, 0.29) is 12.5 Å². The number of guanidine groups is 1. The topological polar surface area (TPSA) is 66.0 Å². The first kappa shape index (κ1) is 16.6. The summed E-state index contributed by atoms with van der Waals surface area (Å²) < 4.78 is 5.46. The summed E-state index contributed by atoms with van der Waals surface area (Å²) in [5, 5.41) is 6.72. The van der Waals surface area contributed by atoms with Gasteiger partial charge in [0.15, 0.2) is 12.6 Å². The van der Waals surface area contributed by atoms with Crippen molar-refractivity contribution in [2.45, 2.75) is 32.7 Å². The third kappa shape index (κ3) is 3.99. The number of carbonyl (C=O) groups is 1. The molecule has 1 fully saturated rings. The molecule has 0 aromatic heterocycles. The Morgan fingerprint density at radius 3 is 2.96 bits per heavy atom. The van der Waals surface area contributed by atoms with Gasteiger partial charge in [-0.3, -0.25) is 9.79 Å². The first-order valence-electron chi connectivity index (χ1n) is 8.76. The minimum absolute atomic E-state index is 0.00881. The first-order valence-corrected chi connectivity index (χ1v) is 8.76. The standard InChI is InChI=1S/C18H26N4O2/c1-3-19-18(21-14-11-13(14)2)20-9-6-10-22-15-7-4-5-8-16(15)24-12-17(22)23/h4-5,7-8,13-14H,3,6,9-12H2,1-2H3,(H2,19,20,21). The van der Waals surface area contributed by atoms with Crippen LogP contribution in [0.15, 0.2) is 29.3 Å². The van der Waals surface area contributed by atoms with Crippen LogP contribution in [0.25, 0.3) is 0 Å². The zero-order valence-corrected chi connectivity index (χ0v) is 14.4. The van der Waals surface area contributed by atoms with Crippen LogP contribution >= 0.6 is 0 Å². The van der Waals surface area contributed by atoms with Crippen molar-refractivity contribution in [3.05, 3.63) is 24.3 Å². The number of anilines is 1. The van der Waals surface area contributed by atoms with Gasteiger partial charge >= 0.3 is 0 Å². The molecule has 2 aliphatic rings. The quantitative estimate of drug-likeness (QED) is 0.474. The van der Waals surface area contributed by atoms with Crippen molar-refractivity contribution in [2.75, 3.05) is 31.1 Å². The van der Waals surface area contributed by atoms with Gasteiger partial charge in [-0.15, -0.1) is 0 Å². The molecular formula is C18H26N4O2. The van der Waals surface area contributed by atoms with E-state index in [1.54, 1.807) is 4.90 Å². The van der Waals surface area contributed by atoms with Crippen molar-refractivity contribution < 1.29 is 9.53 Å². The van der Waals surface area contributed by atoms with Gasteiger partial charge in [-0.25, -0.2) is 0 Å². The van der Waals surface area contributed by atoms with Gasteiger partial charge in [-0.1, -0.05) is 19.1 Å². The predicted octanol–water partition coefficient (Wildman–Crippen LogP) is 1.77. The lowest BCUT2D eigenvalue weighted by Crippen LogP contribution is -2.40. The highest BCUT2D eigenvalue weighted by Gasteiger charge is 2.33. The lowest BCUT2D eigenvalue weighted by atomic mass is 10.2. The van der Waals surface area contributed by atoms with Gasteiger partial charge in [-0.05, 0) is 37.8 Å². The first-order chi connectivity index (χ1) is 11.7. The molecule has 1 aliphatic carbocycles. The molecule has 1 saturated carbocycles. The van der Waals surface area contributed by atoms with Crippen molar-refractivity contribution in [1.29, 1.82) is 0 Å². The highest BCUT2D eigenvalue weighted by atomic mass is 16.5. The number of carbonyl (C=O) groups excluding carboxylic acids is 1. The minimum atomic E-state index is 0.00881. The summed E-state index contributed by atoms with van der Waals surface area (Å²) in [6.07, 6.45) is 2.03. The van der Waals surface area contributed by atoms with E-state index in [0.29, 0.717) is 19.1 Å². The summed E-state index contributed by atoms with van der Waals surface area (Å²) in [5.41, 5.74) is 0.856. The molecule has 1 aliphatic heterocycles. The van der Waals surface area contributed by atoms with Gasteiger partial charge in [-0.2, -0.15) is 0 Å². The number of aliphatic imine (C=N–C) groups is 1. The van der Waals surface area contributed by atoms with Crippen LogP contribution in [0, 0.1) is 5.92 Å². The van der Waals surface area contributed by atoms with Crippen LogP contribution in [0.3, 0.4) is 0 Å². The second kappa shape index (κ2) is 7.55. The van der Waals surface area contributed by atoms with Gasteiger partial charge < -0.3 is 20.3 Å². The van der Waals surface area contributed by atoms with Gasteiger partial charge in [0, 0.05) is 25.7 Å². The predicted molar refractivity (Wildman–Crippen MR) is 95.6 cm³/mol. The molecular weight excluding hydrogens is 304 g/mol. The fourth-order valence-corrected chi connectivity index (χ4v) is 2.84. The molecule has 1 amide bonds. The molecule has 0 bridgehead atoms. The van der Waals surface area contributed by atoms with E-state index in [2.05, 4.69) is 29.5 Å². The second-order valence-electron chi connectivity index (χ2n) is 6.38. The minimum Gasteiger partial charge on any atom is -0.482 e. The highest BCUT2D eigenvalue weighted by Crippen LogP contribution is 2.31. The fraction of sp³-hybridized carbons (Fsp3) is 0.556. The number of nitrogens with one attached hydrogen (secondary N) is 2. The second-order valence-corrected chi connectivity index (χ2v) is 6.38. The maximum atomic E-state index is 12.1. The molecule has 2 N–H and O–H groups in total. The summed E-state index contributed by atoms with van der Waals surface area (Å²) >= 11 is 0. The Balaban J connectivity index is 1.53. The molecule has 0 spiro atoms. The van der Waals surface area contributed by atoms with Crippen LogP contribution in [-0.2, 0) is 4.79 Å². The van der Waals surface area contributed by atoms with Crippen molar-refractivity contribution in [3.63, 3.8) is 0 Å². The Labute approximate surface area is 143 Å². The molecule has 0 radical (unpaired) electrons. The maximum Gasteiger partial charge on any atom is 0.265 e. The molecule has 130 valence electrons. The Morgan fingerprint density at radius 1 is 1.42 bits per heavy atom. The van der Waals surface area contributed by atoms with Gasteiger partial charge in [0.05, 0.1) is 5.69 Å². The zero-order chi connectivity index (χ0) is 16.9. The summed E-state index contributed by atoms with van der Waals surface area (Å²) in [7, 11) is 0. The number of benzene rings is 1. The van der Waals surface area contributed by atoms with E-state index in [0.717, 1.165) is 36.3 Å². The van der Waals surface area contributed by atoms with Crippen LogP contribution in [-0.4, -0.2) is 44.1 Å². The van der Waals surface area contributed by atoms with Crippen LogP contribution in [0.5, 0.6) is 5.75 Å². The smallest absolute Gasteiger partial charge is 0.265 e. The summed E-state index contributed by atoms with van der Waals surface area (Å²) in [4.78, 5) is 18.5. The molecule has 1 heterocycles. The number of hydrogen-bond donors (Lipinski definition) is 2. The van der Waals surface area contributed by atoms with E-state index in [1.807, 2.05) is 24.3 Å². The molecule has 6 nitrogen and oxygen atoms in total. The average molecular weight is 330 g/mol. The molecule has 3 rings (SSSR count). The van der Waals surface area contributed by atoms with Crippen LogP contribution in [0.4, 0.5) is 5.69 Å². The zero-order valence-electron chi connectivity index (χ0n) is 14.4. The SMILES string of the molecule is CCNC(=NCCCN1C(=O)COc2ccccc21)NC1CC1C. The number of ether oxygens (including phenoxy) is 1. The molecule has 24 heavy (non-hydrogen) atoms. The van der Waals surface area contributed by atoms with E-state index in [9.17, 15) is 4.79 Å². The van der Waals surface area contributed by atoms with E-state index < -0.39 is 0 Å². The summed E-state index contributed by atoms with van der Waals surface area (Å²) in [6.45, 7) is 6.61. The van der Waals surface area contributed by atoms with E-state index in [4.69, 9.17) is 4.74 Å². The molecule has 2 unspecified atom stereocenters. The van der Waals surface area contributed by atoms with Crippen molar-refractivity contribution in [1.82, 2.24) is 10.6 Å². The van der Waals surface area contributed by atoms with Gasteiger partial charge in [0.1, 0.15) is 5.75 Å². The number of amides is 1. The van der Waals surface area contributed by atoms with Crippen LogP contribution < -0.4 is 20.3 Å². The van der Waals surface area contributed by atoms with Gasteiger partial charge in [0.2, 0.25) is 0 Å². The molecule has 0 saturated heterocycles. The Hall–Kier alpha value is -2.24. The van der Waals surface area contributed by atoms with Crippen molar-refractivity contribution in [3.8, 4) is 5.75 Å². The normalized spacial score (nSPS) is 22.7. The Morgan fingerprint density at radius 2 is 2.21 bits per heavy atom. The maximum absolute atomic E-state index is 12.1. The Bertz CT molecular complexity index is 617. The highest BCUT2D eigenvalue weighted by molar-refractivity contribution is 5.97. The molecule has 6 heteroatoms. The van der Waals surface area contributed by atoms with Crippen molar-refractivity contribution in [2.24, 2.45) is 10.9 Å². The number of fused-ring (bicyclic) bond motifs is 1. The van der Waals surface area contributed by atoms with Crippen LogP contribution in [0.1, 0.15) is 26.7 Å². The molecule has 1 aromatic rings. The largest absolute Gasteiger partial charge is 0.482 e. The lowest BCUT2D eigenvalue weighted by Gasteiger charge is -2.29.